The van der Waals surface area contributed by atoms with E-state index >= 15 is 0 Å². The highest BCUT2D eigenvalue weighted by Gasteiger charge is 2.20. The molecule has 256 valence electrons. The Morgan fingerprint density at radius 3 is 1.58 bits per heavy atom. The Morgan fingerprint density at radius 1 is 0.291 bits per heavy atom. The summed E-state index contributed by atoms with van der Waals surface area (Å²) < 4.78 is 2.40. The predicted molar refractivity (Wildman–Crippen MR) is 228 cm³/mol. The Morgan fingerprint density at radius 2 is 0.836 bits per heavy atom. The molecule has 9 aromatic carbocycles. The molecule has 0 spiro atoms. The van der Waals surface area contributed by atoms with Gasteiger partial charge in [0.2, 0.25) is 0 Å². The number of hydrogen-bond acceptors (Lipinski definition) is 3. The van der Waals surface area contributed by atoms with Crippen molar-refractivity contribution in [2.24, 2.45) is 0 Å². The molecule has 0 radical (unpaired) electrons. The summed E-state index contributed by atoms with van der Waals surface area (Å²) in [4.78, 5) is 15.7. The molecule has 4 nitrogen and oxygen atoms in total. The number of aromatic nitrogens is 4. The Labute approximate surface area is 317 Å². The first-order valence-electron chi connectivity index (χ1n) is 18.6. The van der Waals surface area contributed by atoms with Gasteiger partial charge in [0.25, 0.3) is 0 Å². The van der Waals surface area contributed by atoms with Crippen LogP contribution in [-0.2, 0) is 0 Å². The van der Waals surface area contributed by atoms with E-state index in [1.807, 2.05) is 18.2 Å². The van der Waals surface area contributed by atoms with Crippen molar-refractivity contribution in [3.05, 3.63) is 194 Å². The van der Waals surface area contributed by atoms with Crippen molar-refractivity contribution in [1.29, 1.82) is 0 Å². The summed E-state index contributed by atoms with van der Waals surface area (Å²) in [7, 11) is 0. The van der Waals surface area contributed by atoms with E-state index in [9.17, 15) is 0 Å². The monoisotopic (exact) mass is 700 g/mol. The van der Waals surface area contributed by atoms with Gasteiger partial charge in [-0.25, -0.2) is 15.0 Å². The van der Waals surface area contributed by atoms with E-state index in [1.54, 1.807) is 0 Å². The molecule has 2 aromatic heterocycles. The fourth-order valence-electron chi connectivity index (χ4n) is 8.24. The largest absolute Gasteiger partial charge is 0.309 e. The van der Waals surface area contributed by atoms with Crippen LogP contribution >= 0.6 is 0 Å². The molecule has 0 N–H and O–H groups in total. The van der Waals surface area contributed by atoms with Crippen LogP contribution in [0.3, 0.4) is 0 Å². The van der Waals surface area contributed by atoms with Gasteiger partial charge in [0.15, 0.2) is 17.5 Å². The molecule has 0 saturated heterocycles. The SMILES string of the molecule is c1ccc(-c2nc(-c3ccc(-n4c5ccccc5c5cc6ccccc6cc54)cc3-c3cccc4ccccc34)nc(-c3cccc4ccccc34)n2)cc1. The van der Waals surface area contributed by atoms with Crippen molar-refractivity contribution in [3.63, 3.8) is 0 Å². The van der Waals surface area contributed by atoms with Crippen LogP contribution in [0, 0.1) is 0 Å². The van der Waals surface area contributed by atoms with Gasteiger partial charge in [0.05, 0.1) is 11.0 Å². The second kappa shape index (κ2) is 12.6. The van der Waals surface area contributed by atoms with Gasteiger partial charge in [-0.3, -0.25) is 0 Å². The lowest BCUT2D eigenvalue weighted by Crippen LogP contribution is -2.02. The third-order valence-corrected chi connectivity index (χ3v) is 10.8. The Bertz CT molecular complexity index is 3260. The highest BCUT2D eigenvalue weighted by Crippen LogP contribution is 2.41. The molecule has 0 amide bonds. The van der Waals surface area contributed by atoms with Crippen LogP contribution in [0.15, 0.2) is 194 Å². The summed E-state index contributed by atoms with van der Waals surface area (Å²) in [6, 6.07) is 68.8. The molecule has 2 heterocycles. The topological polar surface area (TPSA) is 43.6 Å². The second-order valence-corrected chi connectivity index (χ2v) is 14.0. The van der Waals surface area contributed by atoms with Gasteiger partial charge in [0.1, 0.15) is 0 Å². The van der Waals surface area contributed by atoms with Gasteiger partial charge >= 0.3 is 0 Å². The maximum atomic E-state index is 5.31. The number of rotatable bonds is 5. The average Bonchev–Trinajstić information content (AvgIpc) is 3.58. The maximum Gasteiger partial charge on any atom is 0.164 e. The standard InChI is InChI=1S/C51H32N4/c1-2-16-35(17-3-1)49-52-50(43-26-13-21-34-15-7-9-23-40(34)43)54-51(53-49)44-29-28-38(32-45(44)41-25-12-20-33-14-6-8-22-39(33)41)55-47-27-11-10-24-42(47)46-30-36-18-4-5-19-37(36)31-48(46)55/h1-32H. The van der Waals surface area contributed by atoms with Crippen molar-refractivity contribution in [2.75, 3.05) is 0 Å². The average molecular weight is 701 g/mol. The highest BCUT2D eigenvalue weighted by molar-refractivity contribution is 6.14. The summed E-state index contributed by atoms with van der Waals surface area (Å²) >= 11 is 0. The van der Waals surface area contributed by atoms with Crippen LogP contribution in [0.25, 0.3) is 105 Å². The summed E-state index contributed by atoms with van der Waals surface area (Å²) in [6.45, 7) is 0. The van der Waals surface area contributed by atoms with Gasteiger partial charge in [-0.1, -0.05) is 158 Å². The highest BCUT2D eigenvalue weighted by atomic mass is 15.0. The Balaban J connectivity index is 1.22. The van der Waals surface area contributed by atoms with Crippen molar-refractivity contribution >= 4 is 54.1 Å². The third-order valence-electron chi connectivity index (χ3n) is 10.8. The molecule has 0 unspecified atom stereocenters. The van der Waals surface area contributed by atoms with E-state index in [2.05, 4.69) is 180 Å². The molecule has 0 aliphatic rings. The zero-order chi connectivity index (χ0) is 36.3. The summed E-state index contributed by atoms with van der Waals surface area (Å²) in [5.74, 6) is 1.90. The molecule has 4 heteroatoms. The van der Waals surface area contributed by atoms with E-state index in [-0.39, 0.29) is 0 Å². The van der Waals surface area contributed by atoms with Crippen molar-refractivity contribution in [3.8, 4) is 51.0 Å². The zero-order valence-electron chi connectivity index (χ0n) is 29.8. The van der Waals surface area contributed by atoms with Crippen molar-refractivity contribution < 1.29 is 0 Å². The van der Waals surface area contributed by atoms with Gasteiger partial charge in [-0.2, -0.15) is 0 Å². The van der Waals surface area contributed by atoms with Crippen molar-refractivity contribution in [1.82, 2.24) is 19.5 Å². The van der Waals surface area contributed by atoms with Crippen LogP contribution in [0.5, 0.6) is 0 Å². The Kier molecular flexibility index (Phi) is 7.14. The van der Waals surface area contributed by atoms with Gasteiger partial charge in [0, 0.05) is 33.2 Å². The zero-order valence-corrected chi connectivity index (χ0v) is 29.8. The predicted octanol–water partition coefficient (Wildman–Crippen LogP) is 13.1. The van der Waals surface area contributed by atoms with Crippen molar-refractivity contribution in [2.45, 2.75) is 0 Å². The summed E-state index contributed by atoms with van der Waals surface area (Å²) in [5, 5.41) is 9.49. The lowest BCUT2D eigenvalue weighted by atomic mass is 9.93. The number of para-hydroxylation sites is 1. The molecule has 0 saturated carbocycles. The molecule has 55 heavy (non-hydrogen) atoms. The summed E-state index contributed by atoms with van der Waals surface area (Å²) in [5.41, 5.74) is 8.42. The van der Waals surface area contributed by atoms with Crippen LogP contribution in [0.1, 0.15) is 0 Å². The number of benzene rings is 9. The maximum absolute atomic E-state index is 5.31. The van der Waals surface area contributed by atoms with E-state index in [1.165, 1.54) is 37.8 Å². The first-order chi connectivity index (χ1) is 27.3. The quantitative estimate of drug-likeness (QED) is 0.179. The fraction of sp³-hybridized carbons (Fsp3) is 0. The lowest BCUT2D eigenvalue weighted by molar-refractivity contribution is 1.08. The molecule has 11 rings (SSSR count). The molecular weight excluding hydrogens is 669 g/mol. The van der Waals surface area contributed by atoms with Crippen LogP contribution in [-0.4, -0.2) is 19.5 Å². The molecule has 0 aliphatic heterocycles. The molecule has 0 atom stereocenters. The molecule has 0 fully saturated rings. The molecular formula is C51H32N4. The van der Waals surface area contributed by atoms with Gasteiger partial charge < -0.3 is 4.57 Å². The van der Waals surface area contributed by atoms with E-state index < -0.39 is 0 Å². The van der Waals surface area contributed by atoms with Crippen LogP contribution in [0.2, 0.25) is 0 Å². The van der Waals surface area contributed by atoms with Gasteiger partial charge in [-0.15, -0.1) is 0 Å². The fourth-order valence-corrected chi connectivity index (χ4v) is 8.24. The minimum absolute atomic E-state index is 0.625. The molecule has 0 bridgehead atoms. The molecule has 0 aliphatic carbocycles. The summed E-state index contributed by atoms with van der Waals surface area (Å²) in [6.07, 6.45) is 0. The minimum Gasteiger partial charge on any atom is -0.309 e. The second-order valence-electron chi connectivity index (χ2n) is 14.0. The number of fused-ring (bicyclic) bond motifs is 6. The number of nitrogens with zero attached hydrogens (tertiary/aromatic N) is 4. The Hall–Kier alpha value is -7.43. The van der Waals surface area contributed by atoms with E-state index in [4.69, 9.17) is 15.0 Å². The first-order valence-corrected chi connectivity index (χ1v) is 18.6. The van der Waals surface area contributed by atoms with E-state index in [0.717, 1.165) is 49.8 Å². The third kappa shape index (κ3) is 5.19. The smallest absolute Gasteiger partial charge is 0.164 e. The van der Waals surface area contributed by atoms with E-state index in [0.29, 0.717) is 17.5 Å². The van der Waals surface area contributed by atoms with Crippen LogP contribution < -0.4 is 0 Å². The number of hydrogen-bond donors (Lipinski definition) is 0. The molecule has 11 aromatic rings. The van der Waals surface area contributed by atoms with Gasteiger partial charge in [-0.05, 0) is 79.8 Å². The van der Waals surface area contributed by atoms with Crippen LogP contribution in [0.4, 0.5) is 0 Å². The minimum atomic E-state index is 0.625. The lowest BCUT2D eigenvalue weighted by Gasteiger charge is -2.17. The first kappa shape index (κ1) is 31.1. The normalized spacial score (nSPS) is 11.6.